The molecule has 158 valence electrons. The largest absolute Gasteiger partial charge is 0.492 e. The summed E-state index contributed by atoms with van der Waals surface area (Å²) in [7, 11) is -3.76. The van der Waals surface area contributed by atoms with Gasteiger partial charge in [0.1, 0.15) is 16.7 Å². The Labute approximate surface area is 166 Å². The lowest BCUT2D eigenvalue weighted by Crippen LogP contribution is -2.45. The van der Waals surface area contributed by atoms with Crippen LogP contribution in [0, 0.1) is 0 Å². The fourth-order valence-electron chi connectivity index (χ4n) is 2.52. The number of ether oxygens (including phenoxy) is 1. The van der Waals surface area contributed by atoms with E-state index in [-0.39, 0.29) is 10.6 Å². The van der Waals surface area contributed by atoms with Crippen LogP contribution in [0.2, 0.25) is 0 Å². The molecule has 3 N–H and O–H groups in total. The molecule has 0 aliphatic heterocycles. The monoisotopic (exact) mass is 414 g/mol. The van der Waals surface area contributed by atoms with Crippen molar-refractivity contribution in [3.8, 4) is 5.75 Å². The van der Waals surface area contributed by atoms with Crippen molar-refractivity contribution in [1.29, 1.82) is 0 Å². The van der Waals surface area contributed by atoms with Crippen molar-refractivity contribution in [2.75, 3.05) is 31.6 Å². The van der Waals surface area contributed by atoms with Crippen molar-refractivity contribution in [2.45, 2.75) is 45.6 Å². The third-order valence-corrected chi connectivity index (χ3v) is 5.99. The lowest BCUT2D eigenvalue weighted by atomic mass is 10.2. The molecule has 0 bridgehead atoms. The Morgan fingerprint density at radius 3 is 2.32 bits per heavy atom. The summed E-state index contributed by atoms with van der Waals surface area (Å²) in [5, 5.41) is 7.60. The van der Waals surface area contributed by atoms with E-state index in [1.807, 2.05) is 0 Å². The normalized spacial score (nSPS) is 12.4. The smallest absolute Gasteiger partial charge is 0.321 e. The first-order valence-electron chi connectivity index (χ1n) is 9.33. The number of carbonyl (C=O) groups is 2. The standard InChI is InChI=1S/C18H30N4O5S/c1-6-19-18(24)21-17(23)13(5)20-14-10-11-15(27-9-4)16(12-14)28(25,26)22(7-2)8-3/h10-13,20H,6-9H2,1-5H3,(H2,19,21,23,24)/t13-/m0/s1. The lowest BCUT2D eigenvalue weighted by Gasteiger charge is -2.22. The van der Waals surface area contributed by atoms with Crippen LogP contribution in [-0.2, 0) is 14.8 Å². The maximum atomic E-state index is 13.0. The van der Waals surface area contributed by atoms with Crippen LogP contribution in [0.25, 0.3) is 0 Å². The summed E-state index contributed by atoms with van der Waals surface area (Å²) in [6.07, 6.45) is 0. The Balaban J connectivity index is 3.13. The molecule has 0 fully saturated rings. The summed E-state index contributed by atoms with van der Waals surface area (Å²) in [5.41, 5.74) is 0.424. The van der Waals surface area contributed by atoms with Gasteiger partial charge in [-0.25, -0.2) is 13.2 Å². The molecular formula is C18H30N4O5S. The average molecular weight is 415 g/mol. The van der Waals surface area contributed by atoms with Crippen LogP contribution >= 0.6 is 0 Å². The fraction of sp³-hybridized carbons (Fsp3) is 0.556. The number of urea groups is 1. The summed E-state index contributed by atoms with van der Waals surface area (Å²) in [6.45, 7) is 9.97. The van der Waals surface area contributed by atoms with Crippen LogP contribution in [-0.4, -0.2) is 56.9 Å². The van der Waals surface area contributed by atoms with E-state index in [1.54, 1.807) is 46.8 Å². The third-order valence-electron chi connectivity index (χ3n) is 3.92. The van der Waals surface area contributed by atoms with Crippen molar-refractivity contribution in [2.24, 2.45) is 0 Å². The Kier molecular flexibility index (Phi) is 9.20. The first kappa shape index (κ1) is 23.7. The van der Waals surface area contributed by atoms with E-state index >= 15 is 0 Å². The van der Waals surface area contributed by atoms with Crippen LogP contribution in [0.1, 0.15) is 34.6 Å². The van der Waals surface area contributed by atoms with E-state index < -0.39 is 28.0 Å². The molecule has 0 saturated carbocycles. The number of anilines is 1. The van der Waals surface area contributed by atoms with E-state index in [2.05, 4.69) is 16.0 Å². The minimum atomic E-state index is -3.76. The molecule has 0 saturated heterocycles. The van der Waals surface area contributed by atoms with Crippen LogP contribution in [0.3, 0.4) is 0 Å². The van der Waals surface area contributed by atoms with Gasteiger partial charge in [-0.1, -0.05) is 13.8 Å². The van der Waals surface area contributed by atoms with Gasteiger partial charge in [0.15, 0.2) is 0 Å². The first-order valence-corrected chi connectivity index (χ1v) is 10.8. The van der Waals surface area contributed by atoms with Crippen molar-refractivity contribution >= 4 is 27.6 Å². The van der Waals surface area contributed by atoms with Crippen molar-refractivity contribution in [3.63, 3.8) is 0 Å². The van der Waals surface area contributed by atoms with Crippen LogP contribution in [0.5, 0.6) is 5.75 Å². The van der Waals surface area contributed by atoms with E-state index in [4.69, 9.17) is 4.74 Å². The Hall–Kier alpha value is -2.33. The number of sulfonamides is 1. The predicted molar refractivity (Wildman–Crippen MR) is 108 cm³/mol. The minimum Gasteiger partial charge on any atom is -0.492 e. The van der Waals surface area contributed by atoms with Gasteiger partial charge in [0, 0.05) is 25.3 Å². The first-order chi connectivity index (χ1) is 13.2. The quantitative estimate of drug-likeness (QED) is 0.537. The van der Waals surface area contributed by atoms with Gasteiger partial charge in [0.25, 0.3) is 0 Å². The molecule has 0 radical (unpaired) electrons. The van der Waals surface area contributed by atoms with E-state index in [9.17, 15) is 18.0 Å². The molecule has 10 heteroatoms. The van der Waals surface area contributed by atoms with Gasteiger partial charge in [0.05, 0.1) is 6.61 Å². The number of carbonyl (C=O) groups excluding carboxylic acids is 2. The predicted octanol–water partition coefficient (Wildman–Crippen LogP) is 1.76. The zero-order chi connectivity index (χ0) is 21.3. The van der Waals surface area contributed by atoms with E-state index in [0.717, 1.165) is 0 Å². The number of benzene rings is 1. The number of hydrogen-bond acceptors (Lipinski definition) is 6. The van der Waals surface area contributed by atoms with E-state index in [0.29, 0.717) is 31.9 Å². The van der Waals surface area contributed by atoms with Crippen molar-refractivity contribution in [1.82, 2.24) is 14.9 Å². The van der Waals surface area contributed by atoms with Crippen LogP contribution in [0.4, 0.5) is 10.5 Å². The molecule has 0 aromatic heterocycles. The number of nitrogens with one attached hydrogen (secondary N) is 3. The average Bonchev–Trinajstić information content (AvgIpc) is 2.63. The Bertz CT molecular complexity index is 778. The van der Waals surface area contributed by atoms with Gasteiger partial charge in [0.2, 0.25) is 15.9 Å². The molecule has 9 nitrogen and oxygen atoms in total. The molecule has 0 unspecified atom stereocenters. The Morgan fingerprint density at radius 1 is 1.14 bits per heavy atom. The second-order valence-electron chi connectivity index (χ2n) is 5.90. The number of nitrogens with zero attached hydrogens (tertiary/aromatic N) is 1. The molecule has 0 spiro atoms. The molecule has 3 amide bonds. The molecule has 28 heavy (non-hydrogen) atoms. The lowest BCUT2D eigenvalue weighted by molar-refractivity contribution is -0.120. The van der Waals surface area contributed by atoms with Crippen LogP contribution in [0.15, 0.2) is 23.1 Å². The van der Waals surface area contributed by atoms with Gasteiger partial charge in [-0.15, -0.1) is 0 Å². The number of rotatable bonds is 10. The second-order valence-corrected chi connectivity index (χ2v) is 7.80. The van der Waals surface area contributed by atoms with Crippen molar-refractivity contribution in [3.05, 3.63) is 18.2 Å². The maximum Gasteiger partial charge on any atom is 0.321 e. The van der Waals surface area contributed by atoms with Crippen molar-refractivity contribution < 1.29 is 22.7 Å². The van der Waals surface area contributed by atoms with Crippen LogP contribution < -0.4 is 20.7 Å². The van der Waals surface area contributed by atoms with Gasteiger partial charge in [-0.05, 0) is 39.0 Å². The molecule has 1 aromatic rings. The molecule has 0 aliphatic rings. The second kappa shape index (κ2) is 10.9. The molecule has 1 atom stereocenters. The highest BCUT2D eigenvalue weighted by Crippen LogP contribution is 2.30. The number of hydrogen-bond donors (Lipinski definition) is 3. The SMILES string of the molecule is CCNC(=O)NC(=O)[C@H](C)Nc1ccc(OCC)c(S(=O)(=O)N(CC)CC)c1. The summed E-state index contributed by atoms with van der Waals surface area (Å²) >= 11 is 0. The summed E-state index contributed by atoms with van der Waals surface area (Å²) in [4.78, 5) is 23.6. The molecule has 1 rings (SSSR count). The zero-order valence-corrected chi connectivity index (χ0v) is 17.9. The highest BCUT2D eigenvalue weighted by molar-refractivity contribution is 7.89. The highest BCUT2D eigenvalue weighted by Gasteiger charge is 2.26. The number of amides is 3. The summed E-state index contributed by atoms with van der Waals surface area (Å²) in [6, 6.07) is 3.27. The van der Waals surface area contributed by atoms with Gasteiger partial charge >= 0.3 is 6.03 Å². The highest BCUT2D eigenvalue weighted by atomic mass is 32.2. The fourth-order valence-corrected chi connectivity index (χ4v) is 4.13. The van der Waals surface area contributed by atoms with Gasteiger partial charge < -0.3 is 15.4 Å². The van der Waals surface area contributed by atoms with Gasteiger partial charge in [-0.2, -0.15) is 4.31 Å². The summed E-state index contributed by atoms with van der Waals surface area (Å²) in [5.74, 6) is -0.285. The minimum absolute atomic E-state index is 0.0272. The molecule has 1 aromatic carbocycles. The topological polar surface area (TPSA) is 117 Å². The third kappa shape index (κ3) is 6.10. The molecular weight excluding hydrogens is 384 g/mol. The molecule has 0 heterocycles. The number of imide groups is 1. The maximum absolute atomic E-state index is 13.0. The summed E-state index contributed by atoms with van der Waals surface area (Å²) < 4.78 is 32.7. The van der Waals surface area contributed by atoms with E-state index in [1.165, 1.54) is 10.4 Å². The molecule has 0 aliphatic carbocycles. The zero-order valence-electron chi connectivity index (χ0n) is 17.0. The Morgan fingerprint density at radius 2 is 1.79 bits per heavy atom. The van der Waals surface area contributed by atoms with Gasteiger partial charge in [-0.3, -0.25) is 10.1 Å².